The molecule has 0 unspecified atom stereocenters. The van der Waals surface area contributed by atoms with Gasteiger partial charge in [-0.1, -0.05) is 31.7 Å². The zero-order valence-corrected chi connectivity index (χ0v) is 12.4. The summed E-state index contributed by atoms with van der Waals surface area (Å²) >= 11 is 0. The molecule has 2 nitrogen and oxygen atoms in total. The molecule has 2 rings (SSSR count). The highest BCUT2D eigenvalue weighted by Crippen LogP contribution is 2.18. The number of ether oxygens (including phenoxy) is 1. The van der Waals surface area contributed by atoms with Crippen LogP contribution in [-0.4, -0.2) is 19.2 Å². The summed E-state index contributed by atoms with van der Waals surface area (Å²) in [6.07, 6.45) is 8.27. The summed E-state index contributed by atoms with van der Waals surface area (Å²) in [5, 5.41) is 3.63. The van der Waals surface area contributed by atoms with Crippen LogP contribution in [0.15, 0.2) is 18.2 Å². The molecule has 0 amide bonds. The van der Waals surface area contributed by atoms with Gasteiger partial charge in [0.25, 0.3) is 0 Å². The van der Waals surface area contributed by atoms with Crippen molar-refractivity contribution in [3.63, 3.8) is 0 Å². The van der Waals surface area contributed by atoms with Crippen LogP contribution in [-0.2, 0) is 0 Å². The second kappa shape index (κ2) is 7.54. The van der Waals surface area contributed by atoms with Gasteiger partial charge in [0.05, 0.1) is 0 Å². The molecule has 0 atom stereocenters. The first kappa shape index (κ1) is 14.4. The minimum Gasteiger partial charge on any atom is -0.492 e. The fourth-order valence-corrected chi connectivity index (χ4v) is 2.72. The van der Waals surface area contributed by atoms with E-state index in [2.05, 4.69) is 37.4 Å². The van der Waals surface area contributed by atoms with E-state index in [1.54, 1.807) is 0 Å². The fourth-order valence-electron chi connectivity index (χ4n) is 2.72. The van der Waals surface area contributed by atoms with Gasteiger partial charge in [-0.3, -0.25) is 0 Å². The predicted octanol–water partition coefficient (Wildman–Crippen LogP) is 3.99. The van der Waals surface area contributed by atoms with E-state index in [1.165, 1.54) is 49.7 Å². The number of hydrogen-bond acceptors (Lipinski definition) is 2. The van der Waals surface area contributed by atoms with E-state index in [4.69, 9.17) is 4.74 Å². The Morgan fingerprint density at radius 3 is 2.47 bits per heavy atom. The van der Waals surface area contributed by atoms with E-state index in [0.29, 0.717) is 6.04 Å². The molecule has 1 aliphatic rings. The number of benzene rings is 1. The third kappa shape index (κ3) is 4.87. The molecule has 0 spiro atoms. The third-order valence-electron chi connectivity index (χ3n) is 4.14. The lowest BCUT2D eigenvalue weighted by Gasteiger charge is -2.16. The predicted molar refractivity (Wildman–Crippen MR) is 80.9 cm³/mol. The van der Waals surface area contributed by atoms with Crippen LogP contribution in [0.1, 0.15) is 49.7 Å². The lowest BCUT2D eigenvalue weighted by molar-refractivity contribution is 0.300. The van der Waals surface area contributed by atoms with Gasteiger partial charge >= 0.3 is 0 Å². The molecule has 1 aliphatic carbocycles. The highest BCUT2D eigenvalue weighted by atomic mass is 16.5. The molecule has 2 heteroatoms. The zero-order chi connectivity index (χ0) is 13.5. The summed E-state index contributed by atoms with van der Waals surface area (Å²) in [6.45, 7) is 5.98. The van der Waals surface area contributed by atoms with Crippen molar-refractivity contribution < 1.29 is 4.74 Å². The van der Waals surface area contributed by atoms with E-state index in [0.717, 1.165) is 18.9 Å². The first-order chi connectivity index (χ1) is 9.25. The Morgan fingerprint density at radius 2 is 1.79 bits per heavy atom. The lowest BCUT2D eigenvalue weighted by Crippen LogP contribution is -2.32. The first-order valence-electron chi connectivity index (χ1n) is 7.69. The van der Waals surface area contributed by atoms with Gasteiger partial charge in [-0.25, -0.2) is 0 Å². The van der Waals surface area contributed by atoms with Gasteiger partial charge in [-0.15, -0.1) is 0 Å². The van der Waals surface area contributed by atoms with Gasteiger partial charge in [-0.2, -0.15) is 0 Å². The van der Waals surface area contributed by atoms with Crippen LogP contribution in [0, 0.1) is 13.8 Å². The van der Waals surface area contributed by atoms with Crippen LogP contribution < -0.4 is 10.1 Å². The van der Waals surface area contributed by atoms with Gasteiger partial charge in [0.1, 0.15) is 12.4 Å². The van der Waals surface area contributed by atoms with Gasteiger partial charge < -0.3 is 10.1 Å². The Kier molecular flexibility index (Phi) is 5.71. The van der Waals surface area contributed by atoms with Crippen molar-refractivity contribution in [2.75, 3.05) is 13.2 Å². The van der Waals surface area contributed by atoms with Gasteiger partial charge in [0.2, 0.25) is 0 Å². The third-order valence-corrected chi connectivity index (χ3v) is 4.14. The molecule has 0 radical (unpaired) electrons. The Balaban J connectivity index is 1.67. The maximum atomic E-state index is 5.80. The summed E-state index contributed by atoms with van der Waals surface area (Å²) in [4.78, 5) is 0. The summed E-state index contributed by atoms with van der Waals surface area (Å²) in [5.74, 6) is 0.991. The largest absolute Gasteiger partial charge is 0.492 e. The number of aryl methyl sites for hydroxylation is 2. The van der Waals surface area contributed by atoms with Crippen LogP contribution >= 0.6 is 0 Å². The van der Waals surface area contributed by atoms with Crippen LogP contribution in [0.25, 0.3) is 0 Å². The molecule has 0 saturated heterocycles. The molecule has 1 aromatic carbocycles. The van der Waals surface area contributed by atoms with Crippen LogP contribution in [0.2, 0.25) is 0 Å². The van der Waals surface area contributed by atoms with Crippen molar-refractivity contribution >= 4 is 0 Å². The van der Waals surface area contributed by atoms with Crippen molar-refractivity contribution in [2.24, 2.45) is 0 Å². The molecule has 0 aromatic heterocycles. The molecular formula is C17H27NO. The van der Waals surface area contributed by atoms with Gasteiger partial charge in [0.15, 0.2) is 0 Å². The standard InChI is InChI=1S/C17H27NO/c1-14-9-10-17(13-15(14)2)19-12-11-18-16-7-5-3-4-6-8-16/h9-10,13,16,18H,3-8,11-12H2,1-2H3. The van der Waals surface area contributed by atoms with E-state index in [9.17, 15) is 0 Å². The smallest absolute Gasteiger partial charge is 0.119 e. The fraction of sp³-hybridized carbons (Fsp3) is 0.647. The molecule has 0 bridgehead atoms. The zero-order valence-electron chi connectivity index (χ0n) is 12.4. The Bertz CT molecular complexity index is 381. The number of hydrogen-bond donors (Lipinski definition) is 1. The average Bonchev–Trinajstić information content (AvgIpc) is 2.67. The van der Waals surface area contributed by atoms with Crippen molar-refractivity contribution in [3.8, 4) is 5.75 Å². The topological polar surface area (TPSA) is 21.3 Å². The number of nitrogens with one attached hydrogen (secondary N) is 1. The van der Waals surface area contributed by atoms with Gasteiger partial charge in [-0.05, 0) is 49.9 Å². The molecule has 0 heterocycles. The van der Waals surface area contributed by atoms with Crippen molar-refractivity contribution in [2.45, 2.75) is 58.4 Å². The van der Waals surface area contributed by atoms with Crippen molar-refractivity contribution in [1.82, 2.24) is 5.32 Å². The molecule has 19 heavy (non-hydrogen) atoms. The monoisotopic (exact) mass is 261 g/mol. The maximum Gasteiger partial charge on any atom is 0.119 e. The summed E-state index contributed by atoms with van der Waals surface area (Å²) in [5.41, 5.74) is 2.62. The van der Waals surface area contributed by atoms with E-state index in [-0.39, 0.29) is 0 Å². The molecule has 1 saturated carbocycles. The molecule has 1 N–H and O–H groups in total. The molecule has 106 valence electrons. The Hall–Kier alpha value is -1.02. The minimum absolute atomic E-state index is 0.714. The van der Waals surface area contributed by atoms with Crippen molar-refractivity contribution in [1.29, 1.82) is 0 Å². The highest BCUT2D eigenvalue weighted by molar-refractivity contribution is 5.33. The lowest BCUT2D eigenvalue weighted by atomic mass is 10.1. The average molecular weight is 261 g/mol. The van der Waals surface area contributed by atoms with Crippen LogP contribution in [0.5, 0.6) is 5.75 Å². The molecule has 1 aromatic rings. The minimum atomic E-state index is 0.714. The first-order valence-corrected chi connectivity index (χ1v) is 7.69. The SMILES string of the molecule is Cc1ccc(OCCNC2CCCCCC2)cc1C. The summed E-state index contributed by atoms with van der Waals surface area (Å²) in [7, 11) is 0. The Morgan fingerprint density at radius 1 is 1.05 bits per heavy atom. The second-order valence-electron chi connectivity index (χ2n) is 5.74. The second-order valence-corrected chi connectivity index (χ2v) is 5.74. The van der Waals surface area contributed by atoms with E-state index >= 15 is 0 Å². The summed E-state index contributed by atoms with van der Waals surface area (Å²) in [6, 6.07) is 7.03. The van der Waals surface area contributed by atoms with Crippen molar-refractivity contribution in [3.05, 3.63) is 29.3 Å². The molecule has 0 aliphatic heterocycles. The number of rotatable bonds is 5. The van der Waals surface area contributed by atoms with Gasteiger partial charge in [0, 0.05) is 12.6 Å². The van der Waals surface area contributed by atoms with Crippen LogP contribution in [0.4, 0.5) is 0 Å². The maximum absolute atomic E-state index is 5.80. The van der Waals surface area contributed by atoms with Crippen LogP contribution in [0.3, 0.4) is 0 Å². The van der Waals surface area contributed by atoms with E-state index < -0.39 is 0 Å². The quantitative estimate of drug-likeness (QED) is 0.639. The summed E-state index contributed by atoms with van der Waals surface area (Å²) < 4.78 is 5.80. The highest BCUT2D eigenvalue weighted by Gasteiger charge is 2.10. The molecular weight excluding hydrogens is 234 g/mol. The Labute approximate surface area is 117 Å². The van der Waals surface area contributed by atoms with E-state index in [1.807, 2.05) is 0 Å². The normalized spacial score (nSPS) is 17.2. The molecule has 1 fully saturated rings.